The Morgan fingerprint density at radius 2 is 0.949 bits per heavy atom. The number of unbranched alkanes of at least 4 members (excludes halogenated alkanes) is 11. The van der Waals surface area contributed by atoms with Gasteiger partial charge < -0.3 is 0 Å². The number of hydrogen-bond donors (Lipinski definition) is 0. The second-order valence-electron chi connectivity index (χ2n) is 10.9. The minimum atomic E-state index is 0.105. The zero-order chi connectivity index (χ0) is 28.3. The van der Waals surface area contributed by atoms with Crippen LogP contribution in [0.1, 0.15) is 106 Å². The molecule has 39 heavy (non-hydrogen) atoms. The van der Waals surface area contributed by atoms with Crippen LogP contribution in [0.5, 0.6) is 0 Å². The van der Waals surface area contributed by atoms with Gasteiger partial charge in [0.25, 0.3) is 0 Å². The van der Waals surface area contributed by atoms with Crippen molar-refractivity contribution in [1.82, 2.24) is 0 Å². The Bertz CT molecular complexity index is 1210. The molecule has 0 aliphatic rings. The Morgan fingerprint density at radius 1 is 0.487 bits per heavy atom. The number of hydrogen-bond acceptors (Lipinski definition) is 2. The van der Waals surface area contributed by atoms with Crippen molar-refractivity contribution in [2.75, 3.05) is 0 Å². The highest BCUT2D eigenvalue weighted by Crippen LogP contribution is 2.16. The van der Waals surface area contributed by atoms with Gasteiger partial charge in [0, 0.05) is 5.56 Å². The predicted octanol–water partition coefficient (Wildman–Crippen LogP) is 9.93. The second-order valence-corrected chi connectivity index (χ2v) is 10.9. The molecule has 0 atom stereocenters. The number of aryl methyl sites for hydroxylation is 4. The molecule has 0 bridgehead atoms. The summed E-state index contributed by atoms with van der Waals surface area (Å²) in [5.74, 6) is 0. The summed E-state index contributed by atoms with van der Waals surface area (Å²) in [7, 11) is 0. The second kappa shape index (κ2) is 19.1. The lowest BCUT2D eigenvalue weighted by molar-refractivity contribution is 0.544. The van der Waals surface area contributed by atoms with Crippen LogP contribution in [0.3, 0.4) is 0 Å². The Hall–Kier alpha value is -3.00. The maximum absolute atomic E-state index is 12.1. The van der Waals surface area contributed by atoms with Crippen LogP contribution in [0, 0.1) is 20.8 Å². The highest BCUT2D eigenvalue weighted by molar-refractivity contribution is 5.63. The van der Waals surface area contributed by atoms with Crippen molar-refractivity contribution in [2.45, 2.75) is 111 Å². The fourth-order valence-electron chi connectivity index (χ4n) is 4.81. The molecular weight excluding hydrogens is 476 g/mol. The molecule has 0 N–H and O–H groups in total. The lowest BCUT2D eigenvalue weighted by atomic mass is 10.0. The fraction of sp³-hybridized carbons (Fsp3) is 0.459. The van der Waals surface area contributed by atoms with Crippen LogP contribution in [-0.4, -0.2) is 0 Å². The van der Waals surface area contributed by atoms with E-state index >= 15 is 0 Å². The summed E-state index contributed by atoms with van der Waals surface area (Å²) in [6.45, 7) is 8.07. The van der Waals surface area contributed by atoms with E-state index in [0.717, 1.165) is 40.7 Å². The SMILES string of the molecule is CCCCCCCCCCCCCCc1ccccc(C)c1=O.Cc1ccc(-c2ccccc(C)c2=O)cc1. The molecule has 0 unspecified atom stereocenters. The van der Waals surface area contributed by atoms with Crippen LogP contribution in [-0.2, 0) is 6.42 Å². The molecule has 0 spiro atoms. The smallest absolute Gasteiger partial charge is 0.189 e. The maximum Gasteiger partial charge on any atom is 0.189 e. The van der Waals surface area contributed by atoms with Gasteiger partial charge in [-0.15, -0.1) is 0 Å². The van der Waals surface area contributed by atoms with Crippen molar-refractivity contribution in [2.24, 2.45) is 0 Å². The van der Waals surface area contributed by atoms with E-state index in [1.165, 1.54) is 76.2 Å². The summed E-state index contributed by atoms with van der Waals surface area (Å²) in [5.41, 5.74) is 5.92. The zero-order valence-electron chi connectivity index (χ0n) is 24.9. The van der Waals surface area contributed by atoms with Gasteiger partial charge in [-0.3, -0.25) is 9.59 Å². The molecule has 0 fully saturated rings. The largest absolute Gasteiger partial charge is 0.289 e. The lowest BCUT2D eigenvalue weighted by Crippen LogP contribution is -2.08. The molecule has 3 aromatic rings. The molecule has 0 heterocycles. The van der Waals surface area contributed by atoms with Gasteiger partial charge in [-0.2, -0.15) is 0 Å². The van der Waals surface area contributed by atoms with Crippen molar-refractivity contribution < 1.29 is 0 Å². The zero-order valence-corrected chi connectivity index (χ0v) is 24.9. The van der Waals surface area contributed by atoms with E-state index in [1.54, 1.807) is 0 Å². The molecule has 2 nitrogen and oxygen atoms in total. The van der Waals surface area contributed by atoms with Gasteiger partial charge in [0.05, 0.1) is 0 Å². The lowest BCUT2D eigenvalue weighted by Gasteiger charge is -2.03. The van der Waals surface area contributed by atoms with Gasteiger partial charge in [0.15, 0.2) is 10.9 Å². The highest BCUT2D eigenvalue weighted by Gasteiger charge is 2.03. The predicted molar refractivity (Wildman–Crippen MR) is 170 cm³/mol. The van der Waals surface area contributed by atoms with Crippen LogP contribution >= 0.6 is 0 Å². The molecular formula is C37H50O2. The van der Waals surface area contributed by atoms with E-state index in [2.05, 4.69) is 6.92 Å². The van der Waals surface area contributed by atoms with Crippen LogP contribution in [0.25, 0.3) is 11.1 Å². The Balaban J connectivity index is 0.000000290. The molecule has 0 saturated heterocycles. The summed E-state index contributed by atoms with van der Waals surface area (Å²) in [6.07, 6.45) is 17.3. The van der Waals surface area contributed by atoms with Gasteiger partial charge in [0.1, 0.15) is 0 Å². The van der Waals surface area contributed by atoms with Gasteiger partial charge in [-0.1, -0.05) is 156 Å². The van der Waals surface area contributed by atoms with Crippen LogP contribution in [0.15, 0.2) is 82.4 Å². The third kappa shape index (κ3) is 12.6. The molecule has 0 radical (unpaired) electrons. The monoisotopic (exact) mass is 526 g/mol. The van der Waals surface area contributed by atoms with Crippen LogP contribution in [0.2, 0.25) is 0 Å². The van der Waals surface area contributed by atoms with Gasteiger partial charge in [0.2, 0.25) is 0 Å². The summed E-state index contributed by atoms with van der Waals surface area (Å²) in [4.78, 5) is 24.2. The van der Waals surface area contributed by atoms with Gasteiger partial charge in [-0.05, 0) is 55.9 Å². The van der Waals surface area contributed by atoms with Crippen molar-refractivity contribution in [3.8, 4) is 11.1 Å². The minimum Gasteiger partial charge on any atom is -0.289 e. The first-order valence-corrected chi connectivity index (χ1v) is 15.2. The maximum atomic E-state index is 12.1. The molecule has 0 amide bonds. The average molecular weight is 527 g/mol. The number of rotatable bonds is 14. The summed E-state index contributed by atoms with van der Waals surface area (Å²) >= 11 is 0. The van der Waals surface area contributed by atoms with Gasteiger partial charge >= 0.3 is 0 Å². The van der Waals surface area contributed by atoms with E-state index in [1.807, 2.05) is 93.6 Å². The van der Waals surface area contributed by atoms with Crippen LogP contribution < -0.4 is 10.9 Å². The molecule has 0 aliphatic carbocycles. The molecule has 2 heteroatoms. The van der Waals surface area contributed by atoms with Crippen molar-refractivity contribution in [3.05, 3.63) is 115 Å². The summed E-state index contributed by atoms with van der Waals surface area (Å²) in [6, 6.07) is 23.4. The first-order valence-electron chi connectivity index (χ1n) is 15.2. The molecule has 0 saturated carbocycles. The van der Waals surface area contributed by atoms with E-state index in [-0.39, 0.29) is 10.9 Å². The average Bonchev–Trinajstić information content (AvgIpc) is 3.20. The van der Waals surface area contributed by atoms with E-state index in [0.29, 0.717) is 0 Å². The van der Waals surface area contributed by atoms with Gasteiger partial charge in [-0.25, -0.2) is 0 Å². The number of benzene rings is 1. The molecule has 3 rings (SSSR count). The van der Waals surface area contributed by atoms with E-state index < -0.39 is 0 Å². The van der Waals surface area contributed by atoms with Crippen LogP contribution in [0.4, 0.5) is 0 Å². The molecule has 3 aromatic carbocycles. The summed E-state index contributed by atoms with van der Waals surface area (Å²) in [5, 5.41) is 0. The van der Waals surface area contributed by atoms with E-state index in [4.69, 9.17) is 0 Å². The fourth-order valence-corrected chi connectivity index (χ4v) is 4.81. The van der Waals surface area contributed by atoms with Crippen molar-refractivity contribution in [3.63, 3.8) is 0 Å². The topological polar surface area (TPSA) is 34.1 Å². The quantitative estimate of drug-likeness (QED) is 0.196. The standard InChI is InChI=1S/C22H36O.C15H14O/c1-3-4-5-6-7-8-9-10-11-12-13-14-18-21-19-16-15-17-20(2)22(21)23;1-11-7-9-13(10-8-11)14-6-4-3-5-12(2)15(14)16/h15-17,19H,3-14,18H2,1-2H3;3-10H,1-2H3. The third-order valence-electron chi connectivity index (χ3n) is 7.39. The third-order valence-corrected chi connectivity index (χ3v) is 7.39. The minimum absolute atomic E-state index is 0.105. The molecule has 210 valence electrons. The Morgan fingerprint density at radius 3 is 1.51 bits per heavy atom. The molecule has 0 aliphatic heterocycles. The normalized spacial score (nSPS) is 10.6. The Labute approximate surface area is 237 Å². The molecule has 0 aromatic heterocycles. The first-order chi connectivity index (χ1) is 18.9. The van der Waals surface area contributed by atoms with Crippen molar-refractivity contribution in [1.29, 1.82) is 0 Å². The highest BCUT2D eigenvalue weighted by atomic mass is 16.1. The summed E-state index contributed by atoms with van der Waals surface area (Å²) < 4.78 is 0. The van der Waals surface area contributed by atoms with Crippen molar-refractivity contribution >= 4 is 0 Å². The Kier molecular flexibility index (Phi) is 15.8. The van der Waals surface area contributed by atoms with E-state index in [9.17, 15) is 9.59 Å². The first kappa shape index (κ1) is 32.2.